The zero-order valence-electron chi connectivity index (χ0n) is 6.14. The zero-order valence-corrected chi connectivity index (χ0v) is 6.14. The van der Waals surface area contributed by atoms with Crippen LogP contribution >= 0.6 is 0 Å². The van der Waals surface area contributed by atoms with Gasteiger partial charge in [0, 0.05) is 0 Å². The fourth-order valence-electron chi connectivity index (χ4n) is 1.72. The summed E-state index contributed by atoms with van der Waals surface area (Å²) in [5, 5.41) is 9.13. The summed E-state index contributed by atoms with van der Waals surface area (Å²) in [6.07, 6.45) is 5.99. The van der Waals surface area contributed by atoms with E-state index in [1.807, 2.05) is 0 Å². The van der Waals surface area contributed by atoms with Crippen LogP contribution in [0.2, 0.25) is 0 Å². The average Bonchev–Trinajstić information content (AvgIpc) is 2.17. The van der Waals surface area contributed by atoms with E-state index in [9.17, 15) is 0 Å². The van der Waals surface area contributed by atoms with Gasteiger partial charge in [0.05, 0.1) is 6.10 Å². The van der Waals surface area contributed by atoms with E-state index in [0.717, 1.165) is 18.8 Å². The van der Waals surface area contributed by atoms with Crippen LogP contribution in [0, 0.1) is 5.92 Å². The van der Waals surface area contributed by atoms with Crippen LogP contribution in [0.1, 0.15) is 39.0 Å². The fourth-order valence-corrected chi connectivity index (χ4v) is 1.72. The molecular formula is C8H16O. The maximum atomic E-state index is 9.13. The lowest BCUT2D eigenvalue weighted by Gasteiger charge is -2.04. The molecular weight excluding hydrogens is 112 g/mol. The number of hydrogen-bond donors (Lipinski definition) is 1. The van der Waals surface area contributed by atoms with Gasteiger partial charge in [-0.3, -0.25) is 0 Å². The van der Waals surface area contributed by atoms with Gasteiger partial charge in [0.15, 0.2) is 0 Å². The molecule has 0 aromatic rings. The first-order valence-corrected chi connectivity index (χ1v) is 4.01. The Hall–Kier alpha value is -0.0400. The highest BCUT2D eigenvalue weighted by Gasteiger charge is 2.21. The molecule has 2 atom stereocenters. The molecule has 1 aliphatic rings. The second-order valence-corrected chi connectivity index (χ2v) is 3.12. The van der Waals surface area contributed by atoms with Crippen molar-refractivity contribution < 1.29 is 5.11 Å². The molecule has 54 valence electrons. The lowest BCUT2D eigenvalue weighted by molar-refractivity contribution is 0.177. The molecule has 1 saturated carbocycles. The van der Waals surface area contributed by atoms with Gasteiger partial charge in [-0.15, -0.1) is 0 Å². The van der Waals surface area contributed by atoms with Crippen molar-refractivity contribution in [1.29, 1.82) is 0 Å². The van der Waals surface area contributed by atoms with Crippen LogP contribution in [-0.4, -0.2) is 11.2 Å². The quantitative estimate of drug-likeness (QED) is 0.602. The van der Waals surface area contributed by atoms with E-state index in [1.165, 1.54) is 19.3 Å². The van der Waals surface area contributed by atoms with Gasteiger partial charge in [0.25, 0.3) is 0 Å². The second kappa shape index (κ2) is 3.21. The van der Waals surface area contributed by atoms with Crippen LogP contribution in [0.15, 0.2) is 0 Å². The highest BCUT2D eigenvalue weighted by atomic mass is 16.3. The lowest BCUT2D eigenvalue weighted by Crippen LogP contribution is -1.99. The van der Waals surface area contributed by atoms with Gasteiger partial charge in [0.2, 0.25) is 0 Å². The van der Waals surface area contributed by atoms with E-state index >= 15 is 0 Å². The maximum Gasteiger partial charge on any atom is 0.0543 e. The monoisotopic (exact) mass is 128 g/mol. The largest absolute Gasteiger partial charge is 0.393 e. The Morgan fingerprint density at radius 3 is 2.67 bits per heavy atom. The number of hydrogen-bond acceptors (Lipinski definition) is 1. The Labute approximate surface area is 57.1 Å². The molecule has 0 saturated heterocycles. The topological polar surface area (TPSA) is 20.2 Å². The van der Waals surface area contributed by atoms with E-state index in [1.54, 1.807) is 0 Å². The molecule has 1 rings (SSSR count). The Kier molecular flexibility index (Phi) is 2.52. The normalized spacial score (nSPS) is 35.3. The molecule has 0 radical (unpaired) electrons. The lowest BCUT2D eigenvalue weighted by atomic mass is 10.0. The van der Waals surface area contributed by atoms with Gasteiger partial charge in [0.1, 0.15) is 0 Å². The molecule has 0 bridgehead atoms. The summed E-state index contributed by atoms with van der Waals surface area (Å²) in [4.78, 5) is 0. The Balaban J connectivity index is 2.14. The van der Waals surface area contributed by atoms with Crippen LogP contribution in [0.3, 0.4) is 0 Å². The molecule has 0 unspecified atom stereocenters. The Bertz CT molecular complexity index is 78.6. The van der Waals surface area contributed by atoms with E-state index in [0.29, 0.717) is 0 Å². The molecule has 0 aromatic heterocycles. The van der Waals surface area contributed by atoms with Crippen molar-refractivity contribution in [1.82, 2.24) is 0 Å². The van der Waals surface area contributed by atoms with Crippen molar-refractivity contribution in [3.05, 3.63) is 0 Å². The molecule has 0 spiro atoms. The van der Waals surface area contributed by atoms with Gasteiger partial charge in [-0.25, -0.2) is 0 Å². The number of aliphatic hydroxyl groups is 1. The van der Waals surface area contributed by atoms with Gasteiger partial charge < -0.3 is 5.11 Å². The molecule has 1 heteroatoms. The van der Waals surface area contributed by atoms with E-state index in [-0.39, 0.29) is 6.10 Å². The first-order chi connectivity index (χ1) is 4.33. The first kappa shape index (κ1) is 7.07. The predicted molar refractivity (Wildman–Crippen MR) is 38.3 cm³/mol. The molecule has 1 N–H and O–H groups in total. The van der Waals surface area contributed by atoms with Crippen molar-refractivity contribution in [3.8, 4) is 0 Å². The van der Waals surface area contributed by atoms with Crippen LogP contribution < -0.4 is 0 Å². The summed E-state index contributed by atoms with van der Waals surface area (Å²) in [7, 11) is 0. The molecule has 1 nitrogen and oxygen atoms in total. The van der Waals surface area contributed by atoms with E-state index in [4.69, 9.17) is 5.11 Å². The molecule has 1 aliphatic carbocycles. The minimum absolute atomic E-state index is 0.0292. The standard InChI is InChI=1S/C8H16O/c1-2-3-7-4-5-8(9)6-7/h7-9H,2-6H2,1H3/t7-,8+/m1/s1. The smallest absolute Gasteiger partial charge is 0.0543 e. The predicted octanol–water partition coefficient (Wildman–Crippen LogP) is 1.95. The third-order valence-corrected chi connectivity index (χ3v) is 2.21. The van der Waals surface area contributed by atoms with Gasteiger partial charge in [-0.1, -0.05) is 19.8 Å². The van der Waals surface area contributed by atoms with Crippen molar-refractivity contribution in [3.63, 3.8) is 0 Å². The van der Waals surface area contributed by atoms with Crippen LogP contribution in [0.4, 0.5) is 0 Å². The number of rotatable bonds is 2. The number of aliphatic hydroxyl groups excluding tert-OH is 1. The summed E-state index contributed by atoms with van der Waals surface area (Å²) in [5.74, 6) is 0.838. The Morgan fingerprint density at radius 1 is 1.44 bits per heavy atom. The summed E-state index contributed by atoms with van der Waals surface area (Å²) < 4.78 is 0. The average molecular weight is 128 g/mol. The highest BCUT2D eigenvalue weighted by molar-refractivity contribution is 4.73. The van der Waals surface area contributed by atoms with Crippen molar-refractivity contribution >= 4 is 0 Å². The fraction of sp³-hybridized carbons (Fsp3) is 1.00. The Morgan fingerprint density at radius 2 is 2.22 bits per heavy atom. The molecule has 1 fully saturated rings. The molecule has 9 heavy (non-hydrogen) atoms. The first-order valence-electron chi connectivity index (χ1n) is 4.01. The van der Waals surface area contributed by atoms with Gasteiger partial charge in [-0.05, 0) is 25.2 Å². The highest BCUT2D eigenvalue weighted by Crippen LogP contribution is 2.28. The van der Waals surface area contributed by atoms with E-state index in [2.05, 4.69) is 6.92 Å². The summed E-state index contributed by atoms with van der Waals surface area (Å²) in [6.45, 7) is 2.21. The van der Waals surface area contributed by atoms with Crippen LogP contribution in [-0.2, 0) is 0 Å². The van der Waals surface area contributed by atoms with Crippen molar-refractivity contribution in [2.75, 3.05) is 0 Å². The minimum Gasteiger partial charge on any atom is -0.393 e. The summed E-state index contributed by atoms with van der Waals surface area (Å²) >= 11 is 0. The van der Waals surface area contributed by atoms with Gasteiger partial charge >= 0.3 is 0 Å². The molecule has 0 amide bonds. The minimum atomic E-state index is 0.0292. The third-order valence-electron chi connectivity index (χ3n) is 2.21. The van der Waals surface area contributed by atoms with Crippen molar-refractivity contribution in [2.45, 2.75) is 45.1 Å². The van der Waals surface area contributed by atoms with Crippen LogP contribution in [0.5, 0.6) is 0 Å². The summed E-state index contributed by atoms with van der Waals surface area (Å²) in [6, 6.07) is 0. The SMILES string of the molecule is CCC[C@@H]1CC[C@H](O)C1. The molecule has 0 heterocycles. The van der Waals surface area contributed by atoms with Gasteiger partial charge in [-0.2, -0.15) is 0 Å². The third kappa shape index (κ3) is 1.98. The zero-order chi connectivity index (χ0) is 6.69. The van der Waals surface area contributed by atoms with Crippen LogP contribution in [0.25, 0.3) is 0 Å². The van der Waals surface area contributed by atoms with Crippen molar-refractivity contribution in [2.24, 2.45) is 5.92 Å². The second-order valence-electron chi connectivity index (χ2n) is 3.12. The maximum absolute atomic E-state index is 9.13. The molecule has 0 aromatic carbocycles. The van der Waals surface area contributed by atoms with E-state index < -0.39 is 0 Å². The molecule has 0 aliphatic heterocycles. The summed E-state index contributed by atoms with van der Waals surface area (Å²) in [5.41, 5.74) is 0.